The lowest BCUT2D eigenvalue weighted by molar-refractivity contribution is 0.102. The largest absolute Gasteiger partial charge is 0.293 e. The van der Waals surface area contributed by atoms with Crippen LogP contribution in [0.5, 0.6) is 0 Å². The maximum absolute atomic E-state index is 12.1. The van der Waals surface area contributed by atoms with Crippen molar-refractivity contribution in [3.63, 3.8) is 0 Å². The summed E-state index contributed by atoms with van der Waals surface area (Å²) in [7, 11) is 0. The van der Waals surface area contributed by atoms with Crippen molar-refractivity contribution in [2.45, 2.75) is 11.9 Å². The Morgan fingerprint density at radius 2 is 2.00 bits per heavy atom. The van der Waals surface area contributed by atoms with Crippen LogP contribution in [0.2, 0.25) is 0 Å². The molecule has 0 aliphatic carbocycles. The first kappa shape index (κ1) is 13.3. The van der Waals surface area contributed by atoms with Crippen molar-refractivity contribution in [1.29, 1.82) is 0 Å². The number of aromatic nitrogens is 2. The molecule has 3 rings (SSSR count). The fraction of sp³-hybridized carbons (Fsp3) is 0.133. The van der Waals surface area contributed by atoms with E-state index in [1.807, 2.05) is 42.6 Å². The zero-order valence-corrected chi connectivity index (χ0v) is 12.5. The van der Waals surface area contributed by atoms with Crippen LogP contribution in [-0.4, -0.2) is 21.5 Å². The summed E-state index contributed by atoms with van der Waals surface area (Å²) in [6.07, 6.45) is 1.55. The van der Waals surface area contributed by atoms with Crippen LogP contribution in [0, 0.1) is 6.92 Å². The number of ketones is 1. The Hall–Kier alpha value is -1.72. The molecule has 2 heterocycles. The van der Waals surface area contributed by atoms with Crippen LogP contribution < -0.4 is 0 Å². The number of Topliss-reactive ketones (excluding diaryl/α,β-unsaturated/α-hetero) is 1. The molecule has 0 radical (unpaired) electrons. The summed E-state index contributed by atoms with van der Waals surface area (Å²) in [5, 5.41) is 2.87. The minimum Gasteiger partial charge on any atom is -0.293 e. The van der Waals surface area contributed by atoms with Gasteiger partial charge in [0.1, 0.15) is 11.4 Å². The highest BCUT2D eigenvalue weighted by Crippen LogP contribution is 2.29. The van der Waals surface area contributed by atoms with Gasteiger partial charge in [-0.05, 0) is 18.4 Å². The van der Waals surface area contributed by atoms with Gasteiger partial charge in [0, 0.05) is 5.56 Å². The smallest absolute Gasteiger partial charge is 0.173 e. The van der Waals surface area contributed by atoms with Gasteiger partial charge in [-0.3, -0.25) is 4.79 Å². The Bertz CT molecular complexity index is 750. The van der Waals surface area contributed by atoms with Gasteiger partial charge < -0.3 is 0 Å². The van der Waals surface area contributed by atoms with Crippen LogP contribution in [0.15, 0.2) is 47.1 Å². The molecule has 0 atom stereocenters. The third-order valence-corrected chi connectivity index (χ3v) is 4.95. The third-order valence-electron chi connectivity index (χ3n) is 2.92. The second-order valence-corrected chi connectivity index (χ2v) is 6.27. The average Bonchev–Trinajstić information content (AvgIpc) is 2.94. The molecule has 0 aliphatic rings. The van der Waals surface area contributed by atoms with Crippen molar-refractivity contribution < 1.29 is 4.79 Å². The number of carbonyl (C=O) groups excluding carboxylic acids is 1. The average molecular weight is 300 g/mol. The van der Waals surface area contributed by atoms with Crippen LogP contribution >= 0.6 is 23.1 Å². The van der Waals surface area contributed by atoms with Gasteiger partial charge in [0.05, 0.1) is 16.0 Å². The van der Waals surface area contributed by atoms with Crippen molar-refractivity contribution in [3.8, 4) is 0 Å². The summed E-state index contributed by atoms with van der Waals surface area (Å²) in [6.45, 7) is 2.01. The van der Waals surface area contributed by atoms with E-state index < -0.39 is 0 Å². The molecule has 1 aromatic carbocycles. The van der Waals surface area contributed by atoms with E-state index in [9.17, 15) is 4.79 Å². The first-order valence-electron chi connectivity index (χ1n) is 6.15. The number of nitrogens with zero attached hydrogens (tertiary/aromatic N) is 2. The second-order valence-electron chi connectivity index (χ2n) is 4.39. The molecule has 2 aromatic heterocycles. The highest BCUT2D eigenvalue weighted by molar-refractivity contribution is 8.00. The van der Waals surface area contributed by atoms with Crippen molar-refractivity contribution in [1.82, 2.24) is 9.97 Å². The van der Waals surface area contributed by atoms with Gasteiger partial charge in [0.25, 0.3) is 0 Å². The minimum absolute atomic E-state index is 0.123. The first-order chi connectivity index (χ1) is 9.74. The number of hydrogen-bond donors (Lipinski definition) is 0. The van der Waals surface area contributed by atoms with Gasteiger partial charge in [-0.2, -0.15) is 0 Å². The molecule has 0 N–H and O–H groups in total. The second kappa shape index (κ2) is 5.73. The lowest BCUT2D eigenvalue weighted by Crippen LogP contribution is -2.02. The van der Waals surface area contributed by atoms with Gasteiger partial charge >= 0.3 is 0 Å². The molecule has 3 aromatic rings. The predicted octanol–water partition coefficient (Wildman–Crippen LogP) is 3.97. The number of thioether (sulfide) groups is 1. The molecule has 0 saturated carbocycles. The zero-order valence-electron chi connectivity index (χ0n) is 10.9. The fourth-order valence-electron chi connectivity index (χ4n) is 1.83. The molecule has 5 heteroatoms. The van der Waals surface area contributed by atoms with Gasteiger partial charge in [0.15, 0.2) is 5.78 Å². The molecule has 0 spiro atoms. The highest BCUT2D eigenvalue weighted by Gasteiger charge is 2.10. The highest BCUT2D eigenvalue weighted by atomic mass is 32.2. The zero-order chi connectivity index (χ0) is 13.9. The van der Waals surface area contributed by atoms with Crippen molar-refractivity contribution in [3.05, 3.63) is 53.2 Å². The van der Waals surface area contributed by atoms with Crippen LogP contribution in [-0.2, 0) is 0 Å². The van der Waals surface area contributed by atoms with Gasteiger partial charge in [0.2, 0.25) is 0 Å². The Morgan fingerprint density at radius 1 is 1.20 bits per heavy atom. The normalized spacial score (nSPS) is 10.8. The molecule has 100 valence electrons. The molecular weight excluding hydrogens is 288 g/mol. The van der Waals surface area contributed by atoms with E-state index in [1.165, 1.54) is 11.8 Å². The van der Waals surface area contributed by atoms with Crippen molar-refractivity contribution in [2.24, 2.45) is 0 Å². The number of hydrogen-bond acceptors (Lipinski definition) is 5. The van der Waals surface area contributed by atoms with Crippen molar-refractivity contribution in [2.75, 3.05) is 5.75 Å². The molecule has 0 unspecified atom stereocenters. The summed E-state index contributed by atoms with van der Waals surface area (Å²) in [5.41, 5.74) is 2.85. The van der Waals surface area contributed by atoms with Crippen LogP contribution in [0.25, 0.3) is 10.2 Å². The quantitative estimate of drug-likeness (QED) is 0.415. The van der Waals surface area contributed by atoms with Gasteiger partial charge in [-0.1, -0.05) is 41.6 Å². The van der Waals surface area contributed by atoms with E-state index in [1.54, 1.807) is 17.7 Å². The van der Waals surface area contributed by atoms with E-state index in [2.05, 4.69) is 9.97 Å². The Labute approximate surface area is 125 Å². The molecule has 0 amide bonds. The lowest BCUT2D eigenvalue weighted by Gasteiger charge is -2.02. The Balaban J connectivity index is 1.74. The summed E-state index contributed by atoms with van der Waals surface area (Å²) < 4.78 is 1.05. The number of fused-ring (bicyclic) bond motifs is 1. The van der Waals surface area contributed by atoms with Crippen LogP contribution in [0.3, 0.4) is 0 Å². The number of carbonyl (C=O) groups is 1. The Kier molecular flexibility index (Phi) is 3.80. The summed E-state index contributed by atoms with van der Waals surface area (Å²) in [4.78, 5) is 20.6. The first-order valence-corrected chi connectivity index (χ1v) is 8.01. The summed E-state index contributed by atoms with van der Waals surface area (Å²) in [5.74, 6) is 0.519. The molecule has 0 bridgehead atoms. The van der Waals surface area contributed by atoms with E-state index in [0.29, 0.717) is 5.75 Å². The maximum Gasteiger partial charge on any atom is 0.173 e. The molecule has 0 aliphatic heterocycles. The van der Waals surface area contributed by atoms with E-state index in [4.69, 9.17) is 0 Å². The molecule has 0 saturated heterocycles. The van der Waals surface area contributed by atoms with E-state index >= 15 is 0 Å². The lowest BCUT2D eigenvalue weighted by atomic mass is 10.1. The molecule has 20 heavy (non-hydrogen) atoms. The summed E-state index contributed by atoms with van der Waals surface area (Å²) >= 11 is 3.08. The van der Waals surface area contributed by atoms with Crippen molar-refractivity contribution >= 4 is 39.1 Å². The third kappa shape index (κ3) is 2.73. The SMILES string of the molecule is Cc1ccc(C(=O)CSc2ncnc3ccsc23)cc1. The molecule has 0 fully saturated rings. The monoisotopic (exact) mass is 300 g/mol. The maximum atomic E-state index is 12.1. The Morgan fingerprint density at radius 3 is 2.80 bits per heavy atom. The topological polar surface area (TPSA) is 42.9 Å². The van der Waals surface area contributed by atoms with Gasteiger partial charge in [-0.15, -0.1) is 11.3 Å². The number of thiophene rings is 1. The van der Waals surface area contributed by atoms with Gasteiger partial charge in [-0.25, -0.2) is 9.97 Å². The number of benzene rings is 1. The van der Waals surface area contributed by atoms with E-state index in [0.717, 1.165) is 26.4 Å². The standard InChI is InChI=1S/C15H12N2OS2/c1-10-2-4-11(5-3-10)13(18)8-20-15-14-12(6-7-19-14)16-9-17-15/h2-7,9H,8H2,1H3. The predicted molar refractivity (Wildman–Crippen MR) is 83.6 cm³/mol. The molecule has 3 nitrogen and oxygen atoms in total. The van der Waals surface area contributed by atoms with Crippen LogP contribution in [0.1, 0.15) is 15.9 Å². The summed E-state index contributed by atoms with van der Waals surface area (Å²) in [6, 6.07) is 9.63. The van der Waals surface area contributed by atoms with Crippen LogP contribution in [0.4, 0.5) is 0 Å². The minimum atomic E-state index is 0.123. The van der Waals surface area contributed by atoms with E-state index in [-0.39, 0.29) is 5.78 Å². The number of rotatable bonds is 4. The molecular formula is C15H12N2OS2. The fourth-order valence-corrected chi connectivity index (χ4v) is 3.67. The number of aryl methyl sites for hydroxylation is 1.